The summed E-state index contributed by atoms with van der Waals surface area (Å²) in [6.07, 6.45) is 2.87. The van der Waals surface area contributed by atoms with Gasteiger partial charge < -0.3 is 15.2 Å². The van der Waals surface area contributed by atoms with Crippen LogP contribution < -0.4 is 10.1 Å². The summed E-state index contributed by atoms with van der Waals surface area (Å²) >= 11 is 5.99. The molecule has 20 heavy (non-hydrogen) atoms. The van der Waals surface area contributed by atoms with E-state index in [1.54, 1.807) is 18.2 Å². The lowest BCUT2D eigenvalue weighted by molar-refractivity contribution is -0.139. The Hall–Kier alpha value is -1.75. The molecule has 2 rings (SSSR count). The van der Waals surface area contributed by atoms with Crippen molar-refractivity contribution in [1.82, 2.24) is 0 Å². The van der Waals surface area contributed by atoms with E-state index in [1.165, 1.54) is 0 Å². The molecule has 5 nitrogen and oxygen atoms in total. The molecule has 2 N–H and O–H groups in total. The van der Waals surface area contributed by atoms with Crippen molar-refractivity contribution in [3.05, 3.63) is 23.2 Å². The van der Waals surface area contributed by atoms with Crippen LogP contribution in [0.15, 0.2) is 18.2 Å². The van der Waals surface area contributed by atoms with Crippen LogP contribution in [0.3, 0.4) is 0 Å². The van der Waals surface area contributed by atoms with Crippen LogP contribution in [0.25, 0.3) is 0 Å². The molecule has 1 aliphatic rings. The first-order valence-electron chi connectivity index (χ1n) is 6.36. The number of anilines is 1. The highest BCUT2D eigenvalue weighted by molar-refractivity contribution is 6.32. The SMILES string of the molecule is CC1(C(=O)Nc2ccc(OCC(=O)O)c(Cl)c2)CCC1. The van der Waals surface area contributed by atoms with E-state index in [1.807, 2.05) is 6.92 Å². The molecule has 0 aromatic heterocycles. The maximum absolute atomic E-state index is 12.1. The van der Waals surface area contributed by atoms with Gasteiger partial charge in [0.25, 0.3) is 0 Å². The third-order valence-electron chi connectivity index (χ3n) is 3.55. The Morgan fingerprint density at radius 3 is 2.65 bits per heavy atom. The Labute approximate surface area is 121 Å². The van der Waals surface area contributed by atoms with Gasteiger partial charge in [-0.05, 0) is 31.0 Å². The van der Waals surface area contributed by atoms with Crippen molar-refractivity contribution in [2.24, 2.45) is 5.41 Å². The molecule has 1 aromatic rings. The van der Waals surface area contributed by atoms with E-state index in [0.717, 1.165) is 19.3 Å². The summed E-state index contributed by atoms with van der Waals surface area (Å²) in [5, 5.41) is 11.6. The number of halogens is 1. The van der Waals surface area contributed by atoms with E-state index in [2.05, 4.69) is 5.32 Å². The zero-order valence-electron chi connectivity index (χ0n) is 11.1. The van der Waals surface area contributed by atoms with Gasteiger partial charge in [0.2, 0.25) is 5.91 Å². The molecular weight excluding hydrogens is 282 g/mol. The Kier molecular flexibility index (Phi) is 4.18. The third-order valence-corrected chi connectivity index (χ3v) is 3.84. The van der Waals surface area contributed by atoms with Crippen molar-refractivity contribution >= 4 is 29.2 Å². The van der Waals surface area contributed by atoms with Gasteiger partial charge in [-0.2, -0.15) is 0 Å². The highest BCUT2D eigenvalue weighted by Gasteiger charge is 2.39. The lowest BCUT2D eigenvalue weighted by atomic mass is 9.70. The topological polar surface area (TPSA) is 75.6 Å². The molecule has 0 atom stereocenters. The minimum absolute atomic E-state index is 0.0148. The number of aliphatic carboxylic acids is 1. The largest absolute Gasteiger partial charge is 0.480 e. The van der Waals surface area contributed by atoms with Gasteiger partial charge >= 0.3 is 5.97 Å². The van der Waals surface area contributed by atoms with E-state index in [9.17, 15) is 9.59 Å². The molecule has 1 aromatic carbocycles. The van der Waals surface area contributed by atoms with Crippen molar-refractivity contribution in [1.29, 1.82) is 0 Å². The average molecular weight is 298 g/mol. The molecule has 0 heterocycles. The second-order valence-electron chi connectivity index (χ2n) is 5.20. The number of benzene rings is 1. The summed E-state index contributed by atoms with van der Waals surface area (Å²) < 4.78 is 5.01. The van der Waals surface area contributed by atoms with Crippen LogP contribution in [-0.4, -0.2) is 23.6 Å². The van der Waals surface area contributed by atoms with Gasteiger partial charge in [-0.15, -0.1) is 0 Å². The Bertz CT molecular complexity index is 540. The number of rotatable bonds is 5. The van der Waals surface area contributed by atoms with E-state index in [4.69, 9.17) is 21.4 Å². The zero-order chi connectivity index (χ0) is 14.8. The van der Waals surface area contributed by atoms with Gasteiger partial charge in [0, 0.05) is 11.1 Å². The Morgan fingerprint density at radius 1 is 1.45 bits per heavy atom. The standard InChI is InChI=1S/C14H16ClNO4/c1-14(5-2-6-14)13(19)16-9-3-4-11(10(15)7-9)20-8-12(17)18/h3-4,7H,2,5-6,8H2,1H3,(H,16,19)(H,17,18). The first kappa shape index (κ1) is 14.7. The highest BCUT2D eigenvalue weighted by atomic mass is 35.5. The van der Waals surface area contributed by atoms with Gasteiger partial charge in [0.15, 0.2) is 6.61 Å². The molecule has 1 saturated carbocycles. The predicted octanol–water partition coefficient (Wildman–Crippen LogP) is 2.93. The van der Waals surface area contributed by atoms with Crippen molar-refractivity contribution < 1.29 is 19.4 Å². The number of carbonyl (C=O) groups is 2. The first-order chi connectivity index (χ1) is 9.40. The summed E-state index contributed by atoms with van der Waals surface area (Å²) in [6, 6.07) is 4.74. The number of hydrogen-bond acceptors (Lipinski definition) is 3. The first-order valence-corrected chi connectivity index (χ1v) is 6.74. The summed E-state index contributed by atoms with van der Waals surface area (Å²) in [6.45, 7) is 1.49. The highest BCUT2D eigenvalue weighted by Crippen LogP contribution is 2.41. The quantitative estimate of drug-likeness (QED) is 0.876. The fourth-order valence-electron chi connectivity index (χ4n) is 2.05. The number of carbonyl (C=O) groups excluding carboxylic acids is 1. The van der Waals surface area contributed by atoms with Crippen LogP contribution >= 0.6 is 11.6 Å². The van der Waals surface area contributed by atoms with E-state index < -0.39 is 12.6 Å². The van der Waals surface area contributed by atoms with E-state index >= 15 is 0 Å². The van der Waals surface area contributed by atoms with Gasteiger partial charge in [-0.3, -0.25) is 4.79 Å². The fourth-order valence-corrected chi connectivity index (χ4v) is 2.29. The van der Waals surface area contributed by atoms with Gasteiger partial charge in [0.1, 0.15) is 5.75 Å². The lowest BCUT2D eigenvalue weighted by Gasteiger charge is -2.36. The van der Waals surface area contributed by atoms with Crippen LogP contribution in [0.5, 0.6) is 5.75 Å². The number of ether oxygens (including phenoxy) is 1. The van der Waals surface area contributed by atoms with Gasteiger partial charge in [-0.25, -0.2) is 4.79 Å². The van der Waals surface area contributed by atoms with Crippen LogP contribution in [0.4, 0.5) is 5.69 Å². The van der Waals surface area contributed by atoms with Crippen LogP contribution in [-0.2, 0) is 9.59 Å². The summed E-state index contributed by atoms with van der Waals surface area (Å²) in [5.74, 6) is -0.808. The van der Waals surface area contributed by atoms with Crippen LogP contribution in [0.1, 0.15) is 26.2 Å². The molecule has 0 aliphatic heterocycles. The van der Waals surface area contributed by atoms with Crippen molar-refractivity contribution in [2.75, 3.05) is 11.9 Å². The lowest BCUT2D eigenvalue weighted by Crippen LogP contribution is -2.39. The second kappa shape index (κ2) is 5.71. The number of carboxylic acids is 1. The molecular formula is C14H16ClNO4. The summed E-state index contributed by atoms with van der Waals surface area (Å²) in [7, 11) is 0. The fraction of sp³-hybridized carbons (Fsp3) is 0.429. The number of nitrogens with one attached hydrogen (secondary N) is 1. The molecule has 1 amide bonds. The summed E-state index contributed by atoms with van der Waals surface area (Å²) in [4.78, 5) is 22.5. The molecule has 1 fully saturated rings. The minimum atomic E-state index is -1.07. The maximum Gasteiger partial charge on any atom is 0.341 e. The van der Waals surface area contributed by atoms with E-state index in [0.29, 0.717) is 5.69 Å². The predicted molar refractivity (Wildman–Crippen MR) is 75.2 cm³/mol. The molecule has 0 saturated heterocycles. The minimum Gasteiger partial charge on any atom is -0.480 e. The monoisotopic (exact) mass is 297 g/mol. The van der Waals surface area contributed by atoms with E-state index in [-0.39, 0.29) is 22.1 Å². The van der Waals surface area contributed by atoms with Crippen molar-refractivity contribution in [2.45, 2.75) is 26.2 Å². The van der Waals surface area contributed by atoms with Gasteiger partial charge in [-0.1, -0.05) is 24.9 Å². The molecule has 0 unspecified atom stereocenters. The molecule has 0 bridgehead atoms. The molecule has 108 valence electrons. The number of hydrogen-bond donors (Lipinski definition) is 2. The smallest absolute Gasteiger partial charge is 0.341 e. The van der Waals surface area contributed by atoms with Crippen LogP contribution in [0.2, 0.25) is 5.02 Å². The zero-order valence-corrected chi connectivity index (χ0v) is 11.9. The number of carboxylic acid groups (broad SMARTS) is 1. The normalized spacial score (nSPS) is 16.1. The summed E-state index contributed by atoms with van der Waals surface area (Å²) in [5.41, 5.74) is 0.293. The average Bonchev–Trinajstić information content (AvgIpc) is 2.34. The molecule has 0 spiro atoms. The molecule has 6 heteroatoms. The van der Waals surface area contributed by atoms with Crippen molar-refractivity contribution in [3.63, 3.8) is 0 Å². The Balaban J connectivity index is 2.01. The molecule has 1 aliphatic carbocycles. The Morgan fingerprint density at radius 2 is 2.15 bits per heavy atom. The third kappa shape index (κ3) is 3.22. The second-order valence-corrected chi connectivity index (χ2v) is 5.60. The number of amides is 1. The van der Waals surface area contributed by atoms with Crippen LogP contribution in [0, 0.1) is 5.41 Å². The molecule has 0 radical (unpaired) electrons. The van der Waals surface area contributed by atoms with Gasteiger partial charge in [0.05, 0.1) is 5.02 Å². The van der Waals surface area contributed by atoms with Crippen molar-refractivity contribution in [3.8, 4) is 5.75 Å². The maximum atomic E-state index is 12.1.